The van der Waals surface area contributed by atoms with E-state index in [4.69, 9.17) is 9.52 Å². The van der Waals surface area contributed by atoms with E-state index >= 15 is 0 Å². The normalized spacial score (nSPS) is 17.0. The van der Waals surface area contributed by atoms with Gasteiger partial charge in [-0.1, -0.05) is 30.0 Å². The Labute approximate surface area is 187 Å². The molecule has 1 aromatic heterocycles. The number of para-hydroxylation sites is 1. The molecule has 1 unspecified atom stereocenters. The molecule has 1 saturated heterocycles. The smallest absolute Gasteiger partial charge is 0.335 e. The second kappa shape index (κ2) is 9.52. The fourth-order valence-electron chi connectivity index (χ4n) is 3.12. The highest BCUT2D eigenvalue weighted by molar-refractivity contribution is 8.15. The van der Waals surface area contributed by atoms with E-state index < -0.39 is 11.2 Å². The number of rotatable bonds is 7. The quantitative estimate of drug-likeness (QED) is 0.561. The summed E-state index contributed by atoms with van der Waals surface area (Å²) in [5.41, 5.74) is 1.31. The standard InChI is InChI=1S/C23H19N3O5S/c27-20(24-16-5-2-1-3-6-16)13-19-21(28)26(14-18-7-4-12-31-18)23(32-19)25-17-10-8-15(9-11-17)22(29)30/h1-12,19H,13-14H2,(H,24,27)(H,29,30). The lowest BCUT2D eigenvalue weighted by Gasteiger charge is -2.15. The number of hydrogen-bond acceptors (Lipinski definition) is 6. The molecule has 0 aliphatic carbocycles. The summed E-state index contributed by atoms with van der Waals surface area (Å²) in [7, 11) is 0. The van der Waals surface area contributed by atoms with Crippen molar-refractivity contribution < 1.29 is 23.9 Å². The summed E-state index contributed by atoms with van der Waals surface area (Å²) in [6.45, 7) is 0.182. The van der Waals surface area contributed by atoms with Crippen LogP contribution in [-0.4, -0.2) is 38.2 Å². The summed E-state index contributed by atoms with van der Waals surface area (Å²) in [6, 6.07) is 18.6. The molecule has 162 valence electrons. The number of hydrogen-bond donors (Lipinski definition) is 2. The van der Waals surface area contributed by atoms with E-state index in [2.05, 4.69) is 10.3 Å². The largest absolute Gasteiger partial charge is 0.478 e. The Hall–Kier alpha value is -3.85. The van der Waals surface area contributed by atoms with E-state index in [1.165, 1.54) is 35.1 Å². The summed E-state index contributed by atoms with van der Waals surface area (Å²) in [5, 5.41) is 11.6. The molecule has 4 rings (SSSR count). The van der Waals surface area contributed by atoms with Crippen LogP contribution < -0.4 is 5.32 Å². The Balaban J connectivity index is 1.54. The van der Waals surface area contributed by atoms with Gasteiger partial charge in [-0.25, -0.2) is 9.79 Å². The van der Waals surface area contributed by atoms with E-state index in [9.17, 15) is 14.4 Å². The number of amides is 2. The van der Waals surface area contributed by atoms with E-state index in [1.54, 1.807) is 36.4 Å². The van der Waals surface area contributed by atoms with Gasteiger partial charge in [0, 0.05) is 12.1 Å². The molecule has 0 bridgehead atoms. The monoisotopic (exact) mass is 449 g/mol. The Morgan fingerprint density at radius 2 is 1.81 bits per heavy atom. The van der Waals surface area contributed by atoms with Crippen LogP contribution in [0.1, 0.15) is 22.5 Å². The molecule has 1 aliphatic rings. The number of carbonyl (C=O) groups excluding carboxylic acids is 2. The van der Waals surface area contributed by atoms with Gasteiger partial charge in [0.05, 0.1) is 24.1 Å². The van der Waals surface area contributed by atoms with Crippen molar-refractivity contribution in [1.82, 2.24) is 4.90 Å². The van der Waals surface area contributed by atoms with Gasteiger partial charge in [0.15, 0.2) is 5.17 Å². The third-order valence-corrected chi connectivity index (χ3v) is 5.86. The number of carboxylic acid groups (broad SMARTS) is 1. The maximum Gasteiger partial charge on any atom is 0.335 e. The highest BCUT2D eigenvalue weighted by Crippen LogP contribution is 2.33. The fraction of sp³-hybridized carbons (Fsp3) is 0.130. The first-order valence-corrected chi connectivity index (χ1v) is 10.6. The Morgan fingerprint density at radius 1 is 1.06 bits per heavy atom. The Morgan fingerprint density at radius 3 is 2.47 bits per heavy atom. The third kappa shape index (κ3) is 5.06. The van der Waals surface area contributed by atoms with Gasteiger partial charge >= 0.3 is 5.97 Å². The number of benzene rings is 2. The number of nitrogens with one attached hydrogen (secondary N) is 1. The minimum Gasteiger partial charge on any atom is -0.478 e. The average Bonchev–Trinajstić information content (AvgIpc) is 3.39. The van der Waals surface area contributed by atoms with Crippen LogP contribution in [0.5, 0.6) is 0 Å². The summed E-state index contributed by atoms with van der Waals surface area (Å²) >= 11 is 1.20. The minimum absolute atomic E-state index is 0.00990. The lowest BCUT2D eigenvalue weighted by molar-refractivity contribution is -0.128. The number of carboxylic acids is 1. The highest BCUT2D eigenvalue weighted by atomic mass is 32.2. The van der Waals surface area contributed by atoms with Crippen molar-refractivity contribution in [1.29, 1.82) is 0 Å². The summed E-state index contributed by atoms with van der Waals surface area (Å²) < 4.78 is 5.38. The number of aromatic carboxylic acids is 1. The molecule has 0 radical (unpaired) electrons. The molecule has 2 N–H and O–H groups in total. The number of nitrogens with zero attached hydrogens (tertiary/aromatic N) is 2. The zero-order valence-corrected chi connectivity index (χ0v) is 17.6. The highest BCUT2D eigenvalue weighted by Gasteiger charge is 2.39. The van der Waals surface area contributed by atoms with Crippen molar-refractivity contribution in [2.75, 3.05) is 5.32 Å². The van der Waals surface area contributed by atoms with E-state index in [0.717, 1.165) is 0 Å². The van der Waals surface area contributed by atoms with Crippen LogP contribution in [-0.2, 0) is 16.1 Å². The van der Waals surface area contributed by atoms with E-state index in [0.29, 0.717) is 22.3 Å². The number of furan rings is 1. The second-order valence-electron chi connectivity index (χ2n) is 6.97. The first-order chi connectivity index (χ1) is 15.5. The van der Waals surface area contributed by atoms with Crippen LogP contribution in [0, 0.1) is 0 Å². The van der Waals surface area contributed by atoms with Gasteiger partial charge in [0.25, 0.3) is 0 Å². The van der Waals surface area contributed by atoms with Crippen molar-refractivity contribution in [3.63, 3.8) is 0 Å². The average molecular weight is 449 g/mol. The van der Waals surface area contributed by atoms with Crippen molar-refractivity contribution in [2.24, 2.45) is 4.99 Å². The van der Waals surface area contributed by atoms with Gasteiger partial charge in [-0.2, -0.15) is 0 Å². The van der Waals surface area contributed by atoms with Crippen LogP contribution in [0.4, 0.5) is 11.4 Å². The van der Waals surface area contributed by atoms with Crippen LogP contribution in [0.15, 0.2) is 82.4 Å². The zero-order valence-electron chi connectivity index (χ0n) is 16.8. The molecule has 2 heterocycles. The van der Waals surface area contributed by atoms with Gasteiger partial charge in [-0.05, 0) is 48.5 Å². The molecule has 0 spiro atoms. The SMILES string of the molecule is O=C(CC1SC(=Nc2ccc(C(=O)O)cc2)N(Cc2ccco2)C1=O)Nc1ccccc1. The Bertz CT molecular complexity index is 1140. The van der Waals surface area contributed by atoms with Crippen molar-refractivity contribution in [3.05, 3.63) is 84.3 Å². The molecule has 1 aliphatic heterocycles. The predicted molar refractivity (Wildman–Crippen MR) is 121 cm³/mol. The van der Waals surface area contributed by atoms with Gasteiger partial charge in [-0.15, -0.1) is 0 Å². The second-order valence-corrected chi connectivity index (χ2v) is 8.14. The molecule has 8 nitrogen and oxygen atoms in total. The van der Waals surface area contributed by atoms with Crippen molar-refractivity contribution in [2.45, 2.75) is 18.2 Å². The maximum absolute atomic E-state index is 13.1. The van der Waals surface area contributed by atoms with Gasteiger partial charge in [-0.3, -0.25) is 14.5 Å². The van der Waals surface area contributed by atoms with Crippen LogP contribution in [0.3, 0.4) is 0 Å². The minimum atomic E-state index is -1.03. The number of anilines is 1. The number of thioether (sulfide) groups is 1. The fourth-order valence-corrected chi connectivity index (χ4v) is 4.28. The number of amidine groups is 1. The van der Waals surface area contributed by atoms with Gasteiger partial charge in [0.2, 0.25) is 11.8 Å². The molecular weight excluding hydrogens is 430 g/mol. The summed E-state index contributed by atoms with van der Waals surface area (Å²) in [4.78, 5) is 42.7. The summed E-state index contributed by atoms with van der Waals surface area (Å²) in [5.74, 6) is -0.955. The van der Waals surface area contributed by atoms with Crippen LogP contribution >= 0.6 is 11.8 Å². The maximum atomic E-state index is 13.1. The molecule has 32 heavy (non-hydrogen) atoms. The molecule has 9 heteroatoms. The van der Waals surface area contributed by atoms with E-state index in [-0.39, 0.29) is 30.3 Å². The predicted octanol–water partition coefficient (Wildman–Crippen LogP) is 4.14. The topological polar surface area (TPSA) is 112 Å². The first kappa shape index (κ1) is 21.4. The van der Waals surface area contributed by atoms with Crippen LogP contribution in [0.2, 0.25) is 0 Å². The number of carbonyl (C=O) groups is 3. The first-order valence-electron chi connectivity index (χ1n) is 9.77. The van der Waals surface area contributed by atoms with Crippen molar-refractivity contribution >= 4 is 46.1 Å². The third-order valence-electron chi connectivity index (χ3n) is 4.68. The van der Waals surface area contributed by atoms with Crippen LogP contribution in [0.25, 0.3) is 0 Å². The Kier molecular flexibility index (Phi) is 6.37. The zero-order chi connectivity index (χ0) is 22.5. The van der Waals surface area contributed by atoms with Gasteiger partial charge < -0.3 is 14.8 Å². The number of aliphatic imine (C=N–C) groups is 1. The molecular formula is C23H19N3O5S. The molecule has 1 fully saturated rings. The van der Waals surface area contributed by atoms with Crippen molar-refractivity contribution in [3.8, 4) is 0 Å². The molecule has 2 aromatic carbocycles. The van der Waals surface area contributed by atoms with Gasteiger partial charge in [0.1, 0.15) is 11.0 Å². The molecule has 2 amide bonds. The molecule has 3 aromatic rings. The lowest BCUT2D eigenvalue weighted by Crippen LogP contribution is -2.33. The van der Waals surface area contributed by atoms with E-state index in [1.807, 2.05) is 18.2 Å². The molecule has 0 saturated carbocycles. The summed E-state index contributed by atoms with van der Waals surface area (Å²) in [6.07, 6.45) is 1.51. The molecule has 1 atom stereocenters. The lowest BCUT2D eigenvalue weighted by atomic mass is 10.2.